The first-order chi connectivity index (χ1) is 14.0. The number of rotatable bonds is 7. The maximum Gasteiger partial charge on any atom is 0.278 e. The van der Waals surface area contributed by atoms with Gasteiger partial charge in [-0.1, -0.05) is 19.8 Å². The number of benzene rings is 1. The standard InChI is InChI=1S/C23H37N3O3/c1-17-7-5-6-8-20(17)24-23(27)18(2)26-13-11-25(12-14-26)16-19-9-10-21(28-3)22(15-19)29-4/h9-10,15,17-18,20H,5-8,11-14,16H2,1-4H3,(H,24,27)/p+2/t17-,18+,20-/m0/s1. The van der Waals surface area contributed by atoms with Gasteiger partial charge >= 0.3 is 0 Å². The number of ether oxygens (including phenoxy) is 2. The van der Waals surface area contributed by atoms with Gasteiger partial charge in [-0.3, -0.25) is 4.79 Å². The monoisotopic (exact) mass is 405 g/mol. The van der Waals surface area contributed by atoms with Gasteiger partial charge in [-0.15, -0.1) is 0 Å². The summed E-state index contributed by atoms with van der Waals surface area (Å²) in [5, 5.41) is 3.35. The van der Waals surface area contributed by atoms with Crippen LogP contribution in [0.25, 0.3) is 0 Å². The SMILES string of the molecule is COc1ccc(C[NH+]2CC[NH+]([C@H](C)C(=O)N[C@H]3CCCC[C@@H]3C)CC2)cc1OC. The van der Waals surface area contributed by atoms with Crippen LogP contribution in [-0.2, 0) is 11.3 Å². The molecule has 1 aromatic carbocycles. The van der Waals surface area contributed by atoms with Crippen LogP contribution in [0.2, 0.25) is 0 Å². The van der Waals surface area contributed by atoms with E-state index in [1.54, 1.807) is 19.1 Å². The van der Waals surface area contributed by atoms with Crippen LogP contribution in [0, 0.1) is 5.92 Å². The van der Waals surface area contributed by atoms with E-state index in [0.29, 0.717) is 12.0 Å². The van der Waals surface area contributed by atoms with Crippen molar-refractivity contribution < 1.29 is 24.1 Å². The van der Waals surface area contributed by atoms with Crippen molar-refractivity contribution in [3.63, 3.8) is 0 Å². The molecular weight excluding hydrogens is 366 g/mol. The number of carbonyl (C=O) groups excluding carboxylic acids is 1. The molecule has 2 aliphatic rings. The topological polar surface area (TPSA) is 56.4 Å². The molecule has 1 aliphatic carbocycles. The van der Waals surface area contributed by atoms with Crippen molar-refractivity contribution in [2.45, 2.75) is 58.2 Å². The molecule has 3 atom stereocenters. The smallest absolute Gasteiger partial charge is 0.278 e. The fourth-order valence-corrected chi connectivity index (χ4v) is 4.84. The summed E-state index contributed by atoms with van der Waals surface area (Å²) in [6.45, 7) is 9.60. The maximum atomic E-state index is 12.8. The molecule has 1 aromatic rings. The molecule has 29 heavy (non-hydrogen) atoms. The number of amides is 1. The van der Waals surface area contributed by atoms with Crippen LogP contribution in [0.1, 0.15) is 45.1 Å². The Balaban J connectivity index is 1.47. The number of quaternary nitrogens is 2. The number of hydrogen-bond donors (Lipinski definition) is 3. The van der Waals surface area contributed by atoms with Crippen LogP contribution in [0.5, 0.6) is 11.5 Å². The molecule has 1 amide bonds. The number of piperazine rings is 1. The first kappa shape index (κ1) is 21.9. The number of carbonyl (C=O) groups is 1. The summed E-state index contributed by atoms with van der Waals surface area (Å²) in [6, 6.07) is 6.58. The average Bonchev–Trinajstić information content (AvgIpc) is 2.75. The Kier molecular flexibility index (Phi) is 7.78. The number of methoxy groups -OCH3 is 2. The molecule has 0 radical (unpaired) electrons. The normalized spacial score (nSPS) is 28.4. The van der Waals surface area contributed by atoms with E-state index in [-0.39, 0.29) is 11.9 Å². The minimum absolute atomic E-state index is 0.0340. The van der Waals surface area contributed by atoms with Gasteiger partial charge in [0.05, 0.1) is 14.2 Å². The van der Waals surface area contributed by atoms with Crippen LogP contribution in [0.4, 0.5) is 0 Å². The highest BCUT2D eigenvalue weighted by molar-refractivity contribution is 5.80. The van der Waals surface area contributed by atoms with Crippen molar-refractivity contribution in [3.05, 3.63) is 23.8 Å². The van der Waals surface area contributed by atoms with E-state index in [4.69, 9.17) is 9.47 Å². The lowest BCUT2D eigenvalue weighted by Crippen LogP contribution is -3.29. The number of nitrogens with one attached hydrogen (secondary N) is 3. The van der Waals surface area contributed by atoms with E-state index in [2.05, 4.69) is 31.3 Å². The summed E-state index contributed by atoms with van der Waals surface area (Å²) in [5.41, 5.74) is 1.26. The summed E-state index contributed by atoms with van der Waals surface area (Å²) < 4.78 is 10.8. The molecule has 3 N–H and O–H groups in total. The van der Waals surface area contributed by atoms with Crippen molar-refractivity contribution in [1.82, 2.24) is 5.32 Å². The lowest BCUT2D eigenvalue weighted by Gasteiger charge is -2.35. The first-order valence-corrected chi connectivity index (χ1v) is 11.2. The highest BCUT2D eigenvalue weighted by Gasteiger charge is 2.33. The Bertz CT molecular complexity index is 673. The van der Waals surface area contributed by atoms with E-state index in [0.717, 1.165) is 50.6 Å². The zero-order valence-corrected chi connectivity index (χ0v) is 18.6. The molecule has 2 fully saturated rings. The van der Waals surface area contributed by atoms with Crippen LogP contribution in [0.3, 0.4) is 0 Å². The van der Waals surface area contributed by atoms with Gasteiger partial charge in [0.15, 0.2) is 17.5 Å². The lowest BCUT2D eigenvalue weighted by atomic mass is 9.86. The van der Waals surface area contributed by atoms with Gasteiger partial charge in [0, 0.05) is 11.6 Å². The van der Waals surface area contributed by atoms with Gasteiger partial charge in [0.1, 0.15) is 32.7 Å². The predicted molar refractivity (Wildman–Crippen MR) is 114 cm³/mol. The second-order valence-electron chi connectivity index (χ2n) is 8.87. The van der Waals surface area contributed by atoms with Gasteiger partial charge < -0.3 is 24.6 Å². The van der Waals surface area contributed by atoms with Crippen molar-refractivity contribution >= 4 is 5.91 Å². The van der Waals surface area contributed by atoms with Gasteiger partial charge in [-0.25, -0.2) is 0 Å². The Morgan fingerprint density at radius 1 is 1.10 bits per heavy atom. The third kappa shape index (κ3) is 5.64. The average molecular weight is 406 g/mol. The third-order valence-corrected chi connectivity index (χ3v) is 6.95. The Morgan fingerprint density at radius 3 is 2.45 bits per heavy atom. The molecule has 162 valence electrons. The highest BCUT2D eigenvalue weighted by atomic mass is 16.5. The molecule has 1 heterocycles. The second kappa shape index (κ2) is 10.3. The van der Waals surface area contributed by atoms with Gasteiger partial charge in [-0.05, 0) is 43.9 Å². The van der Waals surface area contributed by atoms with Crippen LogP contribution in [0.15, 0.2) is 18.2 Å². The molecule has 0 aromatic heterocycles. The molecule has 1 saturated heterocycles. The predicted octanol–water partition coefficient (Wildman–Crippen LogP) is 0.0706. The van der Waals surface area contributed by atoms with E-state index < -0.39 is 0 Å². The molecule has 1 aliphatic heterocycles. The molecule has 0 bridgehead atoms. The minimum Gasteiger partial charge on any atom is -0.493 e. The highest BCUT2D eigenvalue weighted by Crippen LogP contribution is 2.27. The van der Waals surface area contributed by atoms with Gasteiger partial charge in [0.2, 0.25) is 0 Å². The zero-order valence-electron chi connectivity index (χ0n) is 18.6. The molecule has 6 heteroatoms. The van der Waals surface area contributed by atoms with E-state index in [1.807, 2.05) is 6.07 Å². The van der Waals surface area contributed by atoms with Crippen molar-refractivity contribution in [2.24, 2.45) is 5.92 Å². The zero-order chi connectivity index (χ0) is 20.8. The molecular formula is C23H39N3O3+2. The molecule has 1 saturated carbocycles. The first-order valence-electron chi connectivity index (χ1n) is 11.2. The van der Waals surface area contributed by atoms with Crippen LogP contribution < -0.4 is 24.6 Å². The van der Waals surface area contributed by atoms with Gasteiger partial charge in [-0.2, -0.15) is 0 Å². The lowest BCUT2D eigenvalue weighted by molar-refractivity contribution is -1.02. The summed E-state index contributed by atoms with van der Waals surface area (Å²) in [4.78, 5) is 15.8. The maximum absolute atomic E-state index is 12.8. The summed E-state index contributed by atoms with van der Waals surface area (Å²) in [6.07, 6.45) is 4.93. The minimum atomic E-state index is 0.0340. The van der Waals surface area contributed by atoms with Crippen molar-refractivity contribution in [1.29, 1.82) is 0 Å². The van der Waals surface area contributed by atoms with E-state index in [1.165, 1.54) is 29.7 Å². The summed E-state index contributed by atoms with van der Waals surface area (Å²) in [5.74, 6) is 2.41. The van der Waals surface area contributed by atoms with Crippen molar-refractivity contribution in [3.8, 4) is 11.5 Å². The van der Waals surface area contributed by atoms with Gasteiger partial charge in [0.25, 0.3) is 5.91 Å². The fourth-order valence-electron chi connectivity index (χ4n) is 4.84. The molecule has 6 nitrogen and oxygen atoms in total. The fraction of sp³-hybridized carbons (Fsp3) is 0.696. The van der Waals surface area contributed by atoms with Crippen LogP contribution in [-0.4, -0.2) is 58.4 Å². The largest absolute Gasteiger partial charge is 0.493 e. The second-order valence-corrected chi connectivity index (χ2v) is 8.87. The Hall–Kier alpha value is -1.79. The van der Waals surface area contributed by atoms with Crippen molar-refractivity contribution in [2.75, 3.05) is 40.4 Å². The Morgan fingerprint density at radius 2 is 1.79 bits per heavy atom. The summed E-state index contributed by atoms with van der Waals surface area (Å²) >= 11 is 0. The van der Waals surface area contributed by atoms with E-state index >= 15 is 0 Å². The Labute approximate surface area is 175 Å². The molecule has 0 unspecified atom stereocenters. The van der Waals surface area contributed by atoms with E-state index in [9.17, 15) is 4.79 Å². The van der Waals surface area contributed by atoms with Crippen LogP contribution >= 0.6 is 0 Å². The molecule has 3 rings (SSSR count). The number of hydrogen-bond acceptors (Lipinski definition) is 3. The summed E-state index contributed by atoms with van der Waals surface area (Å²) in [7, 11) is 3.34. The third-order valence-electron chi connectivity index (χ3n) is 6.95. The molecule has 0 spiro atoms. The quantitative estimate of drug-likeness (QED) is 0.602.